The summed E-state index contributed by atoms with van der Waals surface area (Å²) >= 11 is 0. The minimum Gasteiger partial charge on any atom is -0.457 e. The topological polar surface area (TPSA) is 74.3 Å². The smallest absolute Gasteiger partial charge is 0.332 e. The summed E-state index contributed by atoms with van der Waals surface area (Å²) in [7, 11) is 1.67. The minimum absolute atomic E-state index is 0.217. The normalized spacial score (nSPS) is 12.8. The second-order valence-corrected chi connectivity index (χ2v) is 9.01. The Morgan fingerprint density at radius 2 is 1.56 bits per heavy atom. The predicted molar refractivity (Wildman–Crippen MR) is 139 cm³/mol. The number of hydrogen-bond donors (Lipinski definition) is 0. The maximum absolute atomic E-state index is 13.5. The minimum atomic E-state index is -0.376. The van der Waals surface area contributed by atoms with E-state index in [-0.39, 0.29) is 17.8 Å². The number of fused-ring (bicyclic) bond motifs is 3. The number of aromatic nitrogens is 4. The molecule has 2 aromatic heterocycles. The molecule has 0 N–H and O–H groups in total. The fourth-order valence-corrected chi connectivity index (χ4v) is 4.66. The third-order valence-corrected chi connectivity index (χ3v) is 6.59. The monoisotopic (exact) mass is 479 g/mol. The van der Waals surface area contributed by atoms with Crippen LogP contribution in [-0.2, 0) is 20.1 Å². The quantitative estimate of drug-likeness (QED) is 0.378. The van der Waals surface area contributed by atoms with Crippen LogP contribution in [0.2, 0.25) is 0 Å². The number of rotatable bonds is 5. The Balaban J connectivity index is 1.36. The summed E-state index contributed by atoms with van der Waals surface area (Å²) in [5.74, 6) is 2.16. The van der Waals surface area contributed by atoms with Crippen molar-refractivity contribution in [3.05, 3.63) is 111 Å². The van der Waals surface area contributed by atoms with Crippen molar-refractivity contribution in [3.63, 3.8) is 0 Å². The highest BCUT2D eigenvalue weighted by molar-refractivity contribution is 5.77. The highest BCUT2D eigenvalue weighted by Crippen LogP contribution is 2.33. The Labute approximate surface area is 207 Å². The zero-order valence-electron chi connectivity index (χ0n) is 20.1. The first kappa shape index (κ1) is 21.9. The van der Waals surface area contributed by atoms with E-state index < -0.39 is 0 Å². The van der Waals surface area contributed by atoms with Crippen molar-refractivity contribution in [3.8, 4) is 11.5 Å². The van der Waals surface area contributed by atoms with E-state index in [0.717, 1.165) is 28.3 Å². The number of hydrogen-bond acceptors (Lipinski definition) is 5. The van der Waals surface area contributed by atoms with Crippen LogP contribution in [0, 0.1) is 6.92 Å². The number of aryl methyl sites for hydroxylation is 2. The summed E-state index contributed by atoms with van der Waals surface area (Å²) in [6.45, 7) is 3.50. The van der Waals surface area contributed by atoms with E-state index in [9.17, 15) is 9.59 Å². The van der Waals surface area contributed by atoms with Crippen LogP contribution in [0.25, 0.3) is 11.2 Å². The Hall–Kier alpha value is -4.59. The molecule has 0 atom stereocenters. The maximum atomic E-state index is 13.5. The summed E-state index contributed by atoms with van der Waals surface area (Å²) < 4.78 is 10.6. The lowest BCUT2D eigenvalue weighted by atomic mass is 10.1. The van der Waals surface area contributed by atoms with Crippen molar-refractivity contribution in [2.75, 3.05) is 11.4 Å². The Morgan fingerprint density at radius 1 is 0.861 bits per heavy atom. The maximum Gasteiger partial charge on any atom is 0.332 e. The van der Waals surface area contributed by atoms with Crippen LogP contribution in [0.3, 0.4) is 0 Å². The number of imidazole rings is 1. The second kappa shape index (κ2) is 8.57. The van der Waals surface area contributed by atoms with Crippen LogP contribution < -0.4 is 20.9 Å². The summed E-state index contributed by atoms with van der Waals surface area (Å²) in [5, 5.41) is 0. The molecule has 36 heavy (non-hydrogen) atoms. The van der Waals surface area contributed by atoms with Gasteiger partial charge in [-0.15, -0.1) is 0 Å². The molecule has 0 saturated carbocycles. The summed E-state index contributed by atoms with van der Waals surface area (Å²) in [6, 6.07) is 25.3. The van der Waals surface area contributed by atoms with Gasteiger partial charge in [-0.3, -0.25) is 13.9 Å². The van der Waals surface area contributed by atoms with Gasteiger partial charge in [0.25, 0.3) is 5.56 Å². The Morgan fingerprint density at radius 3 is 2.28 bits per heavy atom. The van der Waals surface area contributed by atoms with Gasteiger partial charge in [0, 0.05) is 25.8 Å². The Kier molecular flexibility index (Phi) is 5.21. The predicted octanol–water partition coefficient (Wildman–Crippen LogP) is 4.20. The van der Waals surface area contributed by atoms with E-state index in [0.29, 0.717) is 30.2 Å². The highest BCUT2D eigenvalue weighted by Gasteiger charge is 2.28. The zero-order valence-corrected chi connectivity index (χ0v) is 20.1. The van der Waals surface area contributed by atoms with Crippen molar-refractivity contribution >= 4 is 22.8 Å². The fourth-order valence-electron chi connectivity index (χ4n) is 4.66. The van der Waals surface area contributed by atoms with Gasteiger partial charge in [-0.1, -0.05) is 48.0 Å². The molecular formula is C28H25N5O3. The molecule has 0 bridgehead atoms. The molecule has 0 radical (unpaired) electrons. The lowest BCUT2D eigenvalue weighted by molar-refractivity contribution is 0.482. The van der Waals surface area contributed by atoms with Gasteiger partial charge in [-0.2, -0.15) is 4.98 Å². The number of anilines is 2. The molecule has 6 rings (SSSR count). The third-order valence-electron chi connectivity index (χ3n) is 6.59. The van der Waals surface area contributed by atoms with E-state index in [4.69, 9.17) is 9.72 Å². The molecule has 1 aliphatic heterocycles. The number of nitrogens with zero attached hydrogens (tertiary/aromatic N) is 5. The van der Waals surface area contributed by atoms with E-state index in [1.54, 1.807) is 7.05 Å². The van der Waals surface area contributed by atoms with Crippen LogP contribution >= 0.6 is 0 Å². The molecule has 1 aliphatic rings. The molecule has 5 aromatic rings. The zero-order chi connectivity index (χ0) is 24.8. The van der Waals surface area contributed by atoms with E-state index in [1.807, 2.05) is 90.4 Å². The van der Waals surface area contributed by atoms with Gasteiger partial charge in [-0.05, 0) is 48.9 Å². The summed E-state index contributed by atoms with van der Waals surface area (Å²) in [5.41, 5.74) is 3.12. The molecular weight excluding hydrogens is 454 g/mol. The molecule has 3 aromatic carbocycles. The molecule has 0 unspecified atom stereocenters. The standard InChI is InChI=1S/C28H25N5O3/c1-19-8-10-20(11-9-19)18-33-26(34)24-25(30(2)28(33)35)29-27-31(16-17-32(24)27)21-12-14-23(15-13-21)36-22-6-4-3-5-7-22/h3-15H,16-18H2,1-2H3. The van der Waals surface area contributed by atoms with Crippen LogP contribution in [0.5, 0.6) is 11.5 Å². The molecule has 180 valence electrons. The van der Waals surface area contributed by atoms with Gasteiger partial charge in [0.1, 0.15) is 11.5 Å². The van der Waals surface area contributed by atoms with Crippen molar-refractivity contribution < 1.29 is 4.74 Å². The molecule has 8 nitrogen and oxygen atoms in total. The molecule has 0 saturated heterocycles. The lowest BCUT2D eigenvalue weighted by Gasteiger charge is -2.16. The van der Waals surface area contributed by atoms with Crippen LogP contribution in [0.4, 0.5) is 11.6 Å². The van der Waals surface area contributed by atoms with Crippen molar-refractivity contribution in [1.82, 2.24) is 18.7 Å². The first-order valence-corrected chi connectivity index (χ1v) is 11.9. The Bertz CT molecular complexity index is 1680. The van der Waals surface area contributed by atoms with Crippen LogP contribution in [0.15, 0.2) is 88.5 Å². The fraction of sp³-hybridized carbons (Fsp3) is 0.179. The van der Waals surface area contributed by atoms with Gasteiger partial charge in [0.15, 0.2) is 11.2 Å². The summed E-state index contributed by atoms with van der Waals surface area (Å²) in [4.78, 5) is 33.4. The first-order valence-electron chi connectivity index (χ1n) is 11.9. The summed E-state index contributed by atoms with van der Waals surface area (Å²) in [6.07, 6.45) is 0. The van der Waals surface area contributed by atoms with Gasteiger partial charge >= 0.3 is 5.69 Å². The largest absolute Gasteiger partial charge is 0.457 e. The first-order chi connectivity index (χ1) is 17.5. The number of para-hydroxylation sites is 1. The van der Waals surface area contributed by atoms with Crippen molar-refractivity contribution in [2.24, 2.45) is 7.05 Å². The average molecular weight is 480 g/mol. The molecule has 0 amide bonds. The molecule has 0 spiro atoms. The van der Waals surface area contributed by atoms with Crippen LogP contribution in [-0.4, -0.2) is 25.2 Å². The number of ether oxygens (including phenoxy) is 1. The SMILES string of the molecule is Cc1ccc(Cn2c(=O)c3c(nc4n3CCN4c3ccc(Oc4ccccc4)cc3)n(C)c2=O)cc1. The molecule has 3 heterocycles. The van der Waals surface area contributed by atoms with E-state index in [2.05, 4.69) is 4.90 Å². The van der Waals surface area contributed by atoms with E-state index >= 15 is 0 Å². The van der Waals surface area contributed by atoms with Gasteiger partial charge < -0.3 is 14.2 Å². The second-order valence-electron chi connectivity index (χ2n) is 9.01. The average Bonchev–Trinajstić information content (AvgIpc) is 3.47. The molecule has 0 aliphatic carbocycles. The molecule has 0 fully saturated rings. The highest BCUT2D eigenvalue weighted by atomic mass is 16.5. The third kappa shape index (κ3) is 3.67. The van der Waals surface area contributed by atoms with Crippen molar-refractivity contribution in [2.45, 2.75) is 20.0 Å². The van der Waals surface area contributed by atoms with Crippen LogP contribution in [0.1, 0.15) is 11.1 Å². The van der Waals surface area contributed by atoms with Crippen molar-refractivity contribution in [1.29, 1.82) is 0 Å². The number of benzene rings is 3. The van der Waals surface area contributed by atoms with Gasteiger partial charge in [0.05, 0.1) is 6.54 Å². The molecule has 8 heteroatoms. The van der Waals surface area contributed by atoms with Gasteiger partial charge in [-0.25, -0.2) is 4.79 Å². The lowest BCUT2D eigenvalue weighted by Crippen LogP contribution is -2.40. The van der Waals surface area contributed by atoms with Gasteiger partial charge in [0.2, 0.25) is 5.95 Å². The van der Waals surface area contributed by atoms with E-state index in [1.165, 1.54) is 9.13 Å².